The van der Waals surface area contributed by atoms with Gasteiger partial charge >= 0.3 is 0 Å². The molecule has 1 aliphatic heterocycles. The molecule has 0 amide bonds. The molecule has 0 radical (unpaired) electrons. The highest BCUT2D eigenvalue weighted by molar-refractivity contribution is 4.92. The molecule has 0 aromatic heterocycles. The summed E-state index contributed by atoms with van der Waals surface area (Å²) < 4.78 is 0. The van der Waals surface area contributed by atoms with Crippen molar-refractivity contribution in [1.82, 2.24) is 10.2 Å². The zero-order valence-electron chi connectivity index (χ0n) is 12.1. The molecule has 0 aromatic carbocycles. The Labute approximate surface area is 107 Å². The lowest BCUT2D eigenvalue weighted by molar-refractivity contribution is 0.153. The minimum atomic E-state index is 0.503. The molecule has 1 heterocycles. The fourth-order valence-electron chi connectivity index (χ4n) is 3.48. The van der Waals surface area contributed by atoms with Crippen LogP contribution < -0.4 is 5.32 Å². The van der Waals surface area contributed by atoms with Crippen LogP contribution in [-0.4, -0.2) is 36.1 Å². The van der Waals surface area contributed by atoms with E-state index in [9.17, 15) is 0 Å². The Morgan fingerprint density at radius 2 is 1.94 bits per heavy atom. The van der Waals surface area contributed by atoms with Crippen LogP contribution in [0.1, 0.15) is 59.8 Å². The molecule has 2 rings (SSSR count). The van der Waals surface area contributed by atoms with Gasteiger partial charge in [0.2, 0.25) is 0 Å². The van der Waals surface area contributed by atoms with E-state index in [1.165, 1.54) is 45.2 Å². The zero-order chi connectivity index (χ0) is 12.5. The topological polar surface area (TPSA) is 15.3 Å². The van der Waals surface area contributed by atoms with Gasteiger partial charge in [0.25, 0.3) is 0 Å². The first-order chi connectivity index (χ1) is 7.99. The van der Waals surface area contributed by atoms with E-state index in [1.807, 2.05) is 0 Å². The summed E-state index contributed by atoms with van der Waals surface area (Å²) in [6, 6.07) is 2.19. The van der Waals surface area contributed by atoms with Crippen LogP contribution in [0.4, 0.5) is 0 Å². The van der Waals surface area contributed by atoms with Crippen molar-refractivity contribution >= 4 is 0 Å². The van der Waals surface area contributed by atoms with Crippen molar-refractivity contribution in [2.45, 2.75) is 77.9 Å². The van der Waals surface area contributed by atoms with E-state index >= 15 is 0 Å². The lowest BCUT2D eigenvalue weighted by Gasteiger charge is -2.40. The average Bonchev–Trinajstić information content (AvgIpc) is 2.70. The maximum absolute atomic E-state index is 3.95. The molecular weight excluding hydrogens is 208 g/mol. The molecular formula is C15H30N2. The van der Waals surface area contributed by atoms with Gasteiger partial charge in [-0.3, -0.25) is 4.90 Å². The van der Waals surface area contributed by atoms with Gasteiger partial charge in [0.15, 0.2) is 0 Å². The summed E-state index contributed by atoms with van der Waals surface area (Å²) in [6.07, 6.45) is 6.96. The summed E-state index contributed by atoms with van der Waals surface area (Å²) in [6.45, 7) is 12.0. The SMILES string of the molecule is CC(C)N1CCC(NC2CCCCC2(C)C)C1. The quantitative estimate of drug-likeness (QED) is 0.813. The number of nitrogens with one attached hydrogen (secondary N) is 1. The standard InChI is InChI=1S/C15H30N2/c1-12(2)17-10-8-13(11-17)16-14-7-5-6-9-15(14,3)4/h12-14,16H,5-11H2,1-4H3. The molecule has 1 aliphatic carbocycles. The van der Waals surface area contributed by atoms with Crippen molar-refractivity contribution in [3.05, 3.63) is 0 Å². The Morgan fingerprint density at radius 3 is 2.53 bits per heavy atom. The van der Waals surface area contributed by atoms with E-state index in [1.54, 1.807) is 0 Å². The van der Waals surface area contributed by atoms with Gasteiger partial charge in [0, 0.05) is 24.7 Å². The van der Waals surface area contributed by atoms with Crippen LogP contribution in [0.5, 0.6) is 0 Å². The molecule has 17 heavy (non-hydrogen) atoms. The highest BCUT2D eigenvalue weighted by Crippen LogP contribution is 2.36. The van der Waals surface area contributed by atoms with Crippen molar-refractivity contribution in [2.24, 2.45) is 5.41 Å². The van der Waals surface area contributed by atoms with Crippen LogP contribution in [0, 0.1) is 5.41 Å². The van der Waals surface area contributed by atoms with E-state index < -0.39 is 0 Å². The normalized spacial score (nSPS) is 34.4. The van der Waals surface area contributed by atoms with Crippen molar-refractivity contribution in [3.8, 4) is 0 Å². The van der Waals surface area contributed by atoms with Crippen LogP contribution in [0.3, 0.4) is 0 Å². The molecule has 2 atom stereocenters. The fraction of sp³-hybridized carbons (Fsp3) is 1.00. The number of rotatable bonds is 3. The Balaban J connectivity index is 1.85. The third-order valence-electron chi connectivity index (χ3n) is 4.89. The molecule has 2 heteroatoms. The first-order valence-electron chi connectivity index (χ1n) is 7.49. The van der Waals surface area contributed by atoms with Gasteiger partial charge in [-0.05, 0) is 45.1 Å². The molecule has 2 fully saturated rings. The first-order valence-corrected chi connectivity index (χ1v) is 7.49. The summed E-state index contributed by atoms with van der Waals surface area (Å²) in [5.41, 5.74) is 0.503. The fourth-order valence-corrected chi connectivity index (χ4v) is 3.48. The number of nitrogens with zero attached hydrogens (tertiary/aromatic N) is 1. The molecule has 0 spiro atoms. The minimum Gasteiger partial charge on any atom is -0.309 e. The molecule has 2 unspecified atom stereocenters. The van der Waals surface area contributed by atoms with Gasteiger partial charge in [-0.2, -0.15) is 0 Å². The maximum Gasteiger partial charge on any atom is 0.0210 e. The van der Waals surface area contributed by atoms with E-state index in [0.29, 0.717) is 11.5 Å². The summed E-state index contributed by atoms with van der Waals surface area (Å²) in [5, 5.41) is 3.95. The predicted molar refractivity (Wildman–Crippen MR) is 74.3 cm³/mol. The molecule has 100 valence electrons. The maximum atomic E-state index is 3.95. The second kappa shape index (κ2) is 5.27. The highest BCUT2D eigenvalue weighted by Gasteiger charge is 2.35. The molecule has 1 N–H and O–H groups in total. The summed E-state index contributed by atoms with van der Waals surface area (Å²) in [7, 11) is 0. The van der Waals surface area contributed by atoms with Crippen molar-refractivity contribution < 1.29 is 0 Å². The van der Waals surface area contributed by atoms with Crippen LogP contribution in [0.25, 0.3) is 0 Å². The van der Waals surface area contributed by atoms with Crippen LogP contribution in [0.2, 0.25) is 0 Å². The van der Waals surface area contributed by atoms with Gasteiger partial charge in [0.05, 0.1) is 0 Å². The van der Waals surface area contributed by atoms with Gasteiger partial charge < -0.3 is 5.32 Å². The third kappa shape index (κ3) is 3.23. The largest absolute Gasteiger partial charge is 0.309 e. The summed E-state index contributed by atoms with van der Waals surface area (Å²) >= 11 is 0. The second-order valence-corrected chi connectivity index (χ2v) is 7.03. The molecule has 0 bridgehead atoms. The molecule has 1 saturated heterocycles. The van der Waals surface area contributed by atoms with Crippen molar-refractivity contribution in [3.63, 3.8) is 0 Å². The van der Waals surface area contributed by atoms with Crippen LogP contribution >= 0.6 is 0 Å². The van der Waals surface area contributed by atoms with Gasteiger partial charge in [-0.1, -0.05) is 26.7 Å². The van der Waals surface area contributed by atoms with Crippen molar-refractivity contribution in [2.75, 3.05) is 13.1 Å². The van der Waals surface area contributed by atoms with E-state index in [0.717, 1.165) is 12.1 Å². The number of likely N-dealkylation sites (tertiary alicyclic amines) is 1. The van der Waals surface area contributed by atoms with Crippen LogP contribution in [0.15, 0.2) is 0 Å². The highest BCUT2D eigenvalue weighted by atomic mass is 15.2. The summed E-state index contributed by atoms with van der Waals surface area (Å²) in [5.74, 6) is 0. The molecule has 2 aliphatic rings. The monoisotopic (exact) mass is 238 g/mol. The summed E-state index contributed by atoms with van der Waals surface area (Å²) in [4.78, 5) is 2.60. The van der Waals surface area contributed by atoms with Crippen molar-refractivity contribution in [1.29, 1.82) is 0 Å². The van der Waals surface area contributed by atoms with Crippen LogP contribution in [-0.2, 0) is 0 Å². The third-order valence-corrected chi connectivity index (χ3v) is 4.89. The van der Waals surface area contributed by atoms with E-state index in [-0.39, 0.29) is 0 Å². The predicted octanol–water partition coefficient (Wildman–Crippen LogP) is 3.03. The lowest BCUT2D eigenvalue weighted by atomic mass is 9.73. The lowest BCUT2D eigenvalue weighted by Crippen LogP contribution is -2.49. The second-order valence-electron chi connectivity index (χ2n) is 7.03. The van der Waals surface area contributed by atoms with Gasteiger partial charge in [-0.15, -0.1) is 0 Å². The Bertz CT molecular complexity index is 247. The molecule has 2 nitrogen and oxygen atoms in total. The first kappa shape index (κ1) is 13.4. The molecule has 1 saturated carbocycles. The number of hydrogen-bond acceptors (Lipinski definition) is 2. The van der Waals surface area contributed by atoms with E-state index in [2.05, 4.69) is 37.9 Å². The number of hydrogen-bond donors (Lipinski definition) is 1. The average molecular weight is 238 g/mol. The zero-order valence-corrected chi connectivity index (χ0v) is 12.1. The minimum absolute atomic E-state index is 0.503. The van der Waals surface area contributed by atoms with Gasteiger partial charge in [0.1, 0.15) is 0 Å². The van der Waals surface area contributed by atoms with Gasteiger partial charge in [-0.25, -0.2) is 0 Å². The molecule has 0 aromatic rings. The van der Waals surface area contributed by atoms with E-state index in [4.69, 9.17) is 0 Å². The smallest absolute Gasteiger partial charge is 0.0210 e. The Hall–Kier alpha value is -0.0800. The Kier molecular flexibility index (Phi) is 4.14. The Morgan fingerprint density at radius 1 is 1.18 bits per heavy atom.